The number of nitrogens with zero attached hydrogens (tertiary/aromatic N) is 1. The Morgan fingerprint density at radius 2 is 1.94 bits per heavy atom. The molecule has 0 radical (unpaired) electrons. The number of benzene rings is 1. The van der Waals surface area contributed by atoms with Crippen molar-refractivity contribution in [2.24, 2.45) is 0 Å². The van der Waals surface area contributed by atoms with E-state index < -0.39 is 0 Å². The van der Waals surface area contributed by atoms with E-state index >= 15 is 0 Å². The molecular formula is C12H10BrClN2. The first-order chi connectivity index (χ1) is 7.65. The maximum absolute atomic E-state index is 5.98. The van der Waals surface area contributed by atoms with Crippen molar-refractivity contribution in [1.29, 1.82) is 0 Å². The Balaban J connectivity index is 2.26. The summed E-state index contributed by atoms with van der Waals surface area (Å²) in [5.74, 6) is 0. The van der Waals surface area contributed by atoms with Gasteiger partial charge >= 0.3 is 0 Å². The molecule has 0 spiro atoms. The molecule has 1 aromatic carbocycles. The van der Waals surface area contributed by atoms with Gasteiger partial charge in [0.1, 0.15) is 0 Å². The van der Waals surface area contributed by atoms with Gasteiger partial charge in [0, 0.05) is 16.4 Å². The molecule has 1 aromatic heterocycles. The van der Waals surface area contributed by atoms with Crippen molar-refractivity contribution in [2.45, 2.75) is 6.92 Å². The molecule has 0 atom stereocenters. The zero-order valence-corrected chi connectivity index (χ0v) is 11.0. The van der Waals surface area contributed by atoms with Gasteiger partial charge in [-0.15, -0.1) is 0 Å². The minimum absolute atomic E-state index is 0.462. The molecule has 1 heterocycles. The third kappa shape index (κ3) is 2.74. The van der Waals surface area contributed by atoms with Gasteiger partial charge in [0.15, 0.2) is 5.15 Å². The number of aromatic nitrogens is 1. The van der Waals surface area contributed by atoms with E-state index in [2.05, 4.69) is 33.2 Å². The van der Waals surface area contributed by atoms with Gasteiger partial charge in [0.25, 0.3) is 0 Å². The summed E-state index contributed by atoms with van der Waals surface area (Å²) in [6.07, 6.45) is 1.67. The number of pyridine rings is 1. The van der Waals surface area contributed by atoms with Crippen molar-refractivity contribution in [3.8, 4) is 0 Å². The quantitative estimate of drug-likeness (QED) is 0.823. The molecule has 0 aliphatic heterocycles. The third-order valence-corrected chi connectivity index (χ3v) is 2.87. The third-order valence-electron chi connectivity index (χ3n) is 2.14. The van der Waals surface area contributed by atoms with Gasteiger partial charge < -0.3 is 5.32 Å². The fourth-order valence-corrected chi connectivity index (χ4v) is 1.78. The van der Waals surface area contributed by atoms with Crippen molar-refractivity contribution in [3.63, 3.8) is 0 Å². The van der Waals surface area contributed by atoms with E-state index in [1.165, 1.54) is 5.56 Å². The molecule has 0 aliphatic carbocycles. The van der Waals surface area contributed by atoms with Crippen LogP contribution in [0, 0.1) is 6.92 Å². The number of halogens is 2. The number of rotatable bonds is 2. The average Bonchev–Trinajstić information content (AvgIpc) is 2.27. The number of hydrogen-bond acceptors (Lipinski definition) is 2. The van der Waals surface area contributed by atoms with Crippen LogP contribution in [0.25, 0.3) is 0 Å². The lowest BCUT2D eigenvalue weighted by atomic mass is 10.2. The Bertz CT molecular complexity index is 497. The van der Waals surface area contributed by atoms with E-state index in [4.69, 9.17) is 11.6 Å². The molecule has 4 heteroatoms. The van der Waals surface area contributed by atoms with Crippen LogP contribution in [0.3, 0.4) is 0 Å². The predicted molar refractivity (Wildman–Crippen MR) is 71.4 cm³/mol. The fourth-order valence-electron chi connectivity index (χ4n) is 1.30. The topological polar surface area (TPSA) is 24.9 Å². The fraction of sp³-hybridized carbons (Fsp3) is 0.0833. The zero-order valence-electron chi connectivity index (χ0n) is 8.67. The van der Waals surface area contributed by atoms with Crippen LogP contribution in [0.4, 0.5) is 11.4 Å². The minimum Gasteiger partial charge on any atom is -0.353 e. The molecule has 0 unspecified atom stereocenters. The summed E-state index contributed by atoms with van der Waals surface area (Å²) in [6.45, 7) is 2.05. The van der Waals surface area contributed by atoms with Crippen molar-refractivity contribution < 1.29 is 0 Å². The molecule has 0 saturated heterocycles. The molecule has 16 heavy (non-hydrogen) atoms. The van der Waals surface area contributed by atoms with E-state index in [-0.39, 0.29) is 0 Å². The zero-order chi connectivity index (χ0) is 11.5. The van der Waals surface area contributed by atoms with E-state index in [9.17, 15) is 0 Å². The number of aryl methyl sites for hydroxylation is 1. The summed E-state index contributed by atoms with van der Waals surface area (Å²) >= 11 is 9.34. The van der Waals surface area contributed by atoms with Gasteiger partial charge in [-0.05, 0) is 41.1 Å². The Hall–Kier alpha value is -1.06. The maximum Gasteiger partial charge on any atom is 0.152 e. The van der Waals surface area contributed by atoms with Crippen molar-refractivity contribution in [2.75, 3.05) is 5.32 Å². The molecule has 82 valence electrons. The van der Waals surface area contributed by atoms with Crippen LogP contribution in [-0.4, -0.2) is 4.98 Å². The largest absolute Gasteiger partial charge is 0.353 e. The smallest absolute Gasteiger partial charge is 0.152 e. The van der Waals surface area contributed by atoms with Crippen LogP contribution in [-0.2, 0) is 0 Å². The lowest BCUT2D eigenvalue weighted by Crippen LogP contribution is -1.92. The molecule has 0 aliphatic rings. The summed E-state index contributed by atoms with van der Waals surface area (Å²) in [5.41, 5.74) is 3.01. The van der Waals surface area contributed by atoms with E-state index in [0.717, 1.165) is 15.8 Å². The summed E-state index contributed by atoms with van der Waals surface area (Å²) in [4.78, 5) is 4.05. The minimum atomic E-state index is 0.462. The van der Waals surface area contributed by atoms with Gasteiger partial charge in [0.05, 0.1) is 5.69 Å². The van der Waals surface area contributed by atoms with Gasteiger partial charge in [-0.25, -0.2) is 4.98 Å². The maximum atomic E-state index is 5.98. The summed E-state index contributed by atoms with van der Waals surface area (Å²) < 4.78 is 0.895. The van der Waals surface area contributed by atoms with E-state index in [1.54, 1.807) is 6.20 Å². The number of nitrogens with one attached hydrogen (secondary N) is 1. The molecule has 0 fully saturated rings. The molecule has 2 nitrogen and oxygen atoms in total. The second kappa shape index (κ2) is 4.85. The first-order valence-corrected chi connectivity index (χ1v) is 5.97. The number of hydrogen-bond donors (Lipinski definition) is 1. The molecule has 0 amide bonds. The highest BCUT2D eigenvalue weighted by Gasteiger charge is 2.02. The Morgan fingerprint density at radius 3 is 2.62 bits per heavy atom. The second-order valence-electron chi connectivity index (χ2n) is 3.48. The van der Waals surface area contributed by atoms with Gasteiger partial charge in [-0.3, -0.25) is 0 Å². The van der Waals surface area contributed by atoms with Crippen LogP contribution in [0.15, 0.2) is 41.0 Å². The van der Waals surface area contributed by atoms with Gasteiger partial charge in [-0.2, -0.15) is 0 Å². The molecule has 2 aromatic rings. The van der Waals surface area contributed by atoms with Crippen LogP contribution in [0.5, 0.6) is 0 Å². The van der Waals surface area contributed by atoms with Crippen molar-refractivity contribution in [1.82, 2.24) is 4.98 Å². The molecule has 0 bridgehead atoms. The molecule has 1 N–H and O–H groups in total. The SMILES string of the molecule is Cc1ccc(Nc2cc(Br)cnc2Cl)cc1. The summed E-state index contributed by atoms with van der Waals surface area (Å²) in [7, 11) is 0. The second-order valence-corrected chi connectivity index (χ2v) is 4.76. The summed E-state index contributed by atoms with van der Waals surface area (Å²) in [5, 5.41) is 3.68. The normalized spacial score (nSPS) is 10.2. The van der Waals surface area contributed by atoms with E-state index in [0.29, 0.717) is 5.15 Å². The lowest BCUT2D eigenvalue weighted by Gasteiger charge is -2.08. The standard InChI is InChI=1S/C12H10BrClN2/c1-8-2-4-10(5-3-8)16-11-6-9(13)7-15-12(11)14/h2-7,16H,1H3. The van der Waals surface area contributed by atoms with Crippen LogP contribution >= 0.6 is 27.5 Å². The van der Waals surface area contributed by atoms with Gasteiger partial charge in [-0.1, -0.05) is 29.3 Å². The Kier molecular flexibility index (Phi) is 3.46. The predicted octanol–water partition coefficient (Wildman–Crippen LogP) is 4.55. The first-order valence-electron chi connectivity index (χ1n) is 4.80. The van der Waals surface area contributed by atoms with Crippen LogP contribution in [0.2, 0.25) is 5.15 Å². The monoisotopic (exact) mass is 296 g/mol. The van der Waals surface area contributed by atoms with Crippen LogP contribution < -0.4 is 5.32 Å². The van der Waals surface area contributed by atoms with E-state index in [1.807, 2.05) is 30.3 Å². The highest BCUT2D eigenvalue weighted by molar-refractivity contribution is 9.10. The Morgan fingerprint density at radius 1 is 1.25 bits per heavy atom. The Labute approximate surface area is 108 Å². The molecule has 0 saturated carbocycles. The van der Waals surface area contributed by atoms with Gasteiger partial charge in [0.2, 0.25) is 0 Å². The molecule has 2 rings (SSSR count). The van der Waals surface area contributed by atoms with Crippen molar-refractivity contribution >= 4 is 38.9 Å². The van der Waals surface area contributed by atoms with Crippen LogP contribution in [0.1, 0.15) is 5.56 Å². The van der Waals surface area contributed by atoms with Crippen molar-refractivity contribution in [3.05, 3.63) is 51.7 Å². The average molecular weight is 298 g/mol. The lowest BCUT2D eigenvalue weighted by molar-refractivity contribution is 1.30. The highest BCUT2D eigenvalue weighted by Crippen LogP contribution is 2.26. The highest BCUT2D eigenvalue weighted by atomic mass is 79.9. The summed E-state index contributed by atoms with van der Waals surface area (Å²) in [6, 6.07) is 10.00. The molecular weight excluding hydrogens is 288 g/mol. The first kappa shape index (κ1) is 11.4. The number of anilines is 2.